The van der Waals surface area contributed by atoms with Gasteiger partial charge < -0.3 is 4.52 Å². The summed E-state index contributed by atoms with van der Waals surface area (Å²) >= 11 is 0. The average molecular weight is 416 g/mol. The predicted octanol–water partition coefficient (Wildman–Crippen LogP) is 4.27. The van der Waals surface area contributed by atoms with Crippen molar-refractivity contribution in [2.45, 2.75) is 75.0 Å². The van der Waals surface area contributed by atoms with Gasteiger partial charge in [-0.3, -0.25) is 0 Å². The first kappa shape index (κ1) is 19.2. The fourth-order valence-corrected chi connectivity index (χ4v) is 6.53. The SMILES string of the molecule is O=S(=O)(c1ccc(Cc2nc(C3CCCC4(CC4)C3)no2)cc1)N1CCCCC1. The molecule has 156 valence electrons. The maximum Gasteiger partial charge on any atom is 0.243 e. The summed E-state index contributed by atoms with van der Waals surface area (Å²) in [5, 5.41) is 4.26. The largest absolute Gasteiger partial charge is 0.339 e. The number of hydrogen-bond acceptors (Lipinski definition) is 5. The molecule has 1 aromatic carbocycles. The smallest absolute Gasteiger partial charge is 0.243 e. The first-order chi connectivity index (χ1) is 14.0. The third kappa shape index (κ3) is 3.99. The molecule has 3 fully saturated rings. The lowest BCUT2D eigenvalue weighted by Crippen LogP contribution is -2.35. The van der Waals surface area contributed by atoms with Crippen LogP contribution in [0.15, 0.2) is 33.7 Å². The van der Waals surface area contributed by atoms with Crippen molar-refractivity contribution in [3.63, 3.8) is 0 Å². The van der Waals surface area contributed by atoms with E-state index in [2.05, 4.69) is 10.1 Å². The molecule has 7 heteroatoms. The predicted molar refractivity (Wildman–Crippen MR) is 109 cm³/mol. The van der Waals surface area contributed by atoms with Gasteiger partial charge in [-0.25, -0.2) is 8.42 Å². The molecule has 3 aliphatic rings. The summed E-state index contributed by atoms with van der Waals surface area (Å²) in [5.74, 6) is 1.90. The Balaban J connectivity index is 1.25. The van der Waals surface area contributed by atoms with Crippen LogP contribution in [-0.4, -0.2) is 36.0 Å². The van der Waals surface area contributed by atoms with Crippen molar-refractivity contribution in [2.24, 2.45) is 5.41 Å². The molecule has 2 heterocycles. The van der Waals surface area contributed by atoms with Crippen LogP contribution in [0.1, 0.15) is 81.0 Å². The molecular weight excluding hydrogens is 386 g/mol. The summed E-state index contributed by atoms with van der Waals surface area (Å²) in [6, 6.07) is 7.13. The minimum Gasteiger partial charge on any atom is -0.339 e. The highest BCUT2D eigenvalue weighted by molar-refractivity contribution is 7.89. The lowest BCUT2D eigenvalue weighted by atomic mass is 9.79. The molecule has 1 aromatic heterocycles. The molecule has 5 rings (SSSR count). The van der Waals surface area contributed by atoms with Crippen LogP contribution in [0.25, 0.3) is 0 Å². The summed E-state index contributed by atoms with van der Waals surface area (Å²) in [5.41, 5.74) is 1.57. The van der Waals surface area contributed by atoms with Gasteiger partial charge in [-0.05, 0) is 68.1 Å². The first-order valence-corrected chi connectivity index (χ1v) is 12.4. The zero-order chi connectivity index (χ0) is 19.9. The number of nitrogens with zero attached hydrogens (tertiary/aromatic N) is 3. The molecule has 6 nitrogen and oxygen atoms in total. The third-order valence-electron chi connectivity index (χ3n) is 6.98. The first-order valence-electron chi connectivity index (χ1n) is 11.0. The van der Waals surface area contributed by atoms with Crippen molar-refractivity contribution >= 4 is 10.0 Å². The van der Waals surface area contributed by atoms with E-state index in [4.69, 9.17) is 4.52 Å². The van der Waals surface area contributed by atoms with Gasteiger partial charge in [0.15, 0.2) is 5.82 Å². The molecule has 1 saturated heterocycles. The van der Waals surface area contributed by atoms with Gasteiger partial charge in [0.25, 0.3) is 0 Å². The Morgan fingerprint density at radius 1 is 1.03 bits per heavy atom. The van der Waals surface area contributed by atoms with E-state index in [1.807, 2.05) is 12.1 Å². The number of rotatable bonds is 5. The van der Waals surface area contributed by atoms with E-state index < -0.39 is 10.0 Å². The van der Waals surface area contributed by atoms with Crippen LogP contribution in [0.2, 0.25) is 0 Å². The van der Waals surface area contributed by atoms with Gasteiger partial charge in [-0.15, -0.1) is 0 Å². The van der Waals surface area contributed by atoms with E-state index in [1.165, 1.54) is 32.1 Å². The molecule has 0 bridgehead atoms. The van der Waals surface area contributed by atoms with Crippen molar-refractivity contribution in [1.29, 1.82) is 0 Å². The normalized spacial score (nSPS) is 24.6. The second-order valence-electron chi connectivity index (χ2n) is 9.13. The second kappa shape index (κ2) is 7.51. The molecular formula is C22H29N3O3S. The van der Waals surface area contributed by atoms with Gasteiger partial charge in [0.05, 0.1) is 11.3 Å². The van der Waals surface area contributed by atoms with E-state index in [9.17, 15) is 8.42 Å². The molecule has 1 unspecified atom stereocenters. The number of sulfonamides is 1. The Morgan fingerprint density at radius 2 is 1.79 bits per heavy atom. The van der Waals surface area contributed by atoms with Crippen molar-refractivity contribution in [3.8, 4) is 0 Å². The van der Waals surface area contributed by atoms with Gasteiger partial charge in [0.2, 0.25) is 15.9 Å². The highest BCUT2D eigenvalue weighted by Gasteiger charge is 2.46. The highest BCUT2D eigenvalue weighted by atomic mass is 32.2. The van der Waals surface area contributed by atoms with Gasteiger partial charge in [0.1, 0.15) is 0 Å². The maximum absolute atomic E-state index is 12.8. The minimum atomic E-state index is -3.39. The van der Waals surface area contributed by atoms with Crippen LogP contribution in [0.4, 0.5) is 0 Å². The summed E-state index contributed by atoms with van der Waals surface area (Å²) in [6.45, 7) is 1.24. The fraction of sp³-hybridized carbons (Fsp3) is 0.636. The van der Waals surface area contributed by atoms with Crippen molar-refractivity contribution < 1.29 is 12.9 Å². The molecule has 29 heavy (non-hydrogen) atoms. The number of hydrogen-bond donors (Lipinski definition) is 0. The highest BCUT2D eigenvalue weighted by Crippen LogP contribution is 2.59. The van der Waals surface area contributed by atoms with Crippen LogP contribution >= 0.6 is 0 Å². The van der Waals surface area contributed by atoms with Crippen LogP contribution < -0.4 is 0 Å². The zero-order valence-corrected chi connectivity index (χ0v) is 17.7. The van der Waals surface area contributed by atoms with Crippen molar-refractivity contribution in [1.82, 2.24) is 14.4 Å². The molecule has 0 N–H and O–H groups in total. The molecule has 2 saturated carbocycles. The monoisotopic (exact) mass is 415 g/mol. The molecule has 1 spiro atoms. The quantitative estimate of drug-likeness (QED) is 0.729. The van der Waals surface area contributed by atoms with Gasteiger partial charge in [0, 0.05) is 19.0 Å². The van der Waals surface area contributed by atoms with Crippen molar-refractivity contribution in [3.05, 3.63) is 41.5 Å². The average Bonchev–Trinajstić information content (AvgIpc) is 3.32. The Hall–Kier alpha value is -1.73. The zero-order valence-electron chi connectivity index (χ0n) is 16.8. The Morgan fingerprint density at radius 3 is 2.52 bits per heavy atom. The van der Waals surface area contributed by atoms with Gasteiger partial charge in [-0.1, -0.05) is 30.1 Å². The van der Waals surface area contributed by atoms with E-state index in [-0.39, 0.29) is 0 Å². The minimum absolute atomic E-state index is 0.367. The third-order valence-corrected chi connectivity index (χ3v) is 8.89. The second-order valence-corrected chi connectivity index (χ2v) is 11.1. The number of aromatic nitrogens is 2. The Labute approximate surface area is 172 Å². The molecule has 1 atom stereocenters. The molecule has 2 aromatic rings. The van der Waals surface area contributed by atoms with Crippen LogP contribution in [0, 0.1) is 5.41 Å². The van der Waals surface area contributed by atoms with Gasteiger partial charge >= 0.3 is 0 Å². The van der Waals surface area contributed by atoms with Crippen LogP contribution in [0.3, 0.4) is 0 Å². The van der Waals surface area contributed by atoms with E-state index in [1.54, 1.807) is 16.4 Å². The molecule has 0 amide bonds. The lowest BCUT2D eigenvalue weighted by molar-refractivity contribution is 0.286. The van der Waals surface area contributed by atoms with Crippen LogP contribution in [0.5, 0.6) is 0 Å². The Kier molecular flexibility index (Phi) is 4.98. The topological polar surface area (TPSA) is 76.3 Å². The van der Waals surface area contributed by atoms with E-state index in [0.29, 0.717) is 41.6 Å². The van der Waals surface area contributed by atoms with E-state index in [0.717, 1.165) is 37.1 Å². The molecule has 2 aliphatic carbocycles. The van der Waals surface area contributed by atoms with Crippen molar-refractivity contribution in [2.75, 3.05) is 13.1 Å². The Bertz CT molecular complexity index is 957. The standard InChI is InChI=1S/C22H29N3O3S/c26-29(27,25-13-2-1-3-14-25)19-8-6-17(7-9-19)15-20-23-21(24-28-20)18-5-4-10-22(16-18)11-12-22/h6-9,18H,1-5,10-16H2. The number of piperidine rings is 1. The maximum atomic E-state index is 12.8. The molecule has 0 radical (unpaired) electrons. The summed E-state index contributed by atoms with van der Waals surface area (Å²) < 4.78 is 32.7. The summed E-state index contributed by atoms with van der Waals surface area (Å²) in [6.07, 6.45) is 11.2. The summed E-state index contributed by atoms with van der Waals surface area (Å²) in [7, 11) is -3.39. The molecule has 1 aliphatic heterocycles. The fourth-order valence-electron chi connectivity index (χ4n) is 5.02. The summed E-state index contributed by atoms with van der Waals surface area (Å²) in [4.78, 5) is 5.03. The van der Waals surface area contributed by atoms with E-state index >= 15 is 0 Å². The number of benzene rings is 1. The van der Waals surface area contributed by atoms with Gasteiger partial charge in [-0.2, -0.15) is 9.29 Å². The van der Waals surface area contributed by atoms with Crippen LogP contribution in [-0.2, 0) is 16.4 Å². The lowest BCUT2D eigenvalue weighted by Gasteiger charge is -2.26.